The minimum absolute atomic E-state index is 0.178. The predicted molar refractivity (Wildman–Crippen MR) is 31.9 cm³/mol. The van der Waals surface area contributed by atoms with E-state index in [9.17, 15) is 9.59 Å². The molecule has 10 heavy (non-hydrogen) atoms. The molecule has 0 atom stereocenters. The van der Waals surface area contributed by atoms with Gasteiger partial charge in [0, 0.05) is 13.5 Å². The van der Waals surface area contributed by atoms with Crippen molar-refractivity contribution in [1.82, 2.24) is 5.32 Å². The van der Waals surface area contributed by atoms with Crippen molar-refractivity contribution < 1.29 is 19.4 Å². The Labute approximate surface area is 58.2 Å². The Kier molecular flexibility index (Phi) is 4.02. The molecular weight excluding hydrogens is 138 g/mol. The second kappa shape index (κ2) is 4.60. The van der Waals surface area contributed by atoms with Crippen LogP contribution in [0, 0.1) is 0 Å². The van der Waals surface area contributed by atoms with E-state index in [4.69, 9.17) is 0 Å². The summed E-state index contributed by atoms with van der Waals surface area (Å²) >= 11 is 0. The van der Waals surface area contributed by atoms with E-state index in [2.05, 4.69) is 15.1 Å². The number of carbonyl (C=O) groups is 2. The molecule has 0 bridgehead atoms. The van der Waals surface area contributed by atoms with Crippen LogP contribution in [0.2, 0.25) is 0 Å². The average molecular weight is 147 g/mol. The van der Waals surface area contributed by atoms with E-state index >= 15 is 0 Å². The average Bonchev–Trinajstić information content (AvgIpc) is 1.99. The van der Waals surface area contributed by atoms with Crippen molar-refractivity contribution in [1.29, 1.82) is 0 Å². The van der Waals surface area contributed by atoms with Crippen molar-refractivity contribution >= 4 is 12.1 Å². The molecule has 0 aliphatic rings. The molecule has 0 aromatic heterocycles. The second-order valence-electron chi connectivity index (χ2n) is 1.43. The highest BCUT2D eigenvalue weighted by Crippen LogP contribution is 1.85. The third kappa shape index (κ3) is 3.71. The zero-order chi connectivity index (χ0) is 7.98. The highest BCUT2D eigenvalue weighted by Gasteiger charge is 2.03. The van der Waals surface area contributed by atoms with Crippen molar-refractivity contribution in [3.05, 3.63) is 0 Å². The van der Waals surface area contributed by atoms with Gasteiger partial charge in [0.25, 0.3) is 0 Å². The molecule has 0 aromatic rings. The smallest absolute Gasteiger partial charge is 0.321 e. The Morgan fingerprint density at radius 3 is 2.40 bits per heavy atom. The Balaban J connectivity index is 3.35. The van der Waals surface area contributed by atoms with Gasteiger partial charge in [0.1, 0.15) is 0 Å². The molecule has 0 radical (unpaired) electrons. The van der Waals surface area contributed by atoms with Crippen LogP contribution in [0.15, 0.2) is 0 Å². The first kappa shape index (κ1) is 8.74. The van der Waals surface area contributed by atoms with Crippen molar-refractivity contribution in [3.63, 3.8) is 0 Å². The molecule has 0 fully saturated rings. The van der Waals surface area contributed by atoms with Gasteiger partial charge in [-0.05, 0) is 0 Å². The Bertz CT molecular complexity index is 118. The SMILES string of the molecule is CCC(=O)OOC(=O)NC. The Hall–Kier alpha value is -1.26. The normalized spacial score (nSPS) is 8.20. The van der Waals surface area contributed by atoms with Crippen LogP contribution in [0.25, 0.3) is 0 Å². The monoisotopic (exact) mass is 147 g/mol. The van der Waals surface area contributed by atoms with E-state index in [1.165, 1.54) is 7.05 Å². The van der Waals surface area contributed by atoms with Gasteiger partial charge in [0.2, 0.25) is 0 Å². The van der Waals surface area contributed by atoms with E-state index in [0.29, 0.717) is 0 Å². The largest absolute Gasteiger partial charge is 0.450 e. The van der Waals surface area contributed by atoms with Gasteiger partial charge in [-0.3, -0.25) is 0 Å². The van der Waals surface area contributed by atoms with Gasteiger partial charge in [-0.25, -0.2) is 19.4 Å². The van der Waals surface area contributed by atoms with Crippen LogP contribution in [-0.2, 0) is 14.6 Å². The second-order valence-corrected chi connectivity index (χ2v) is 1.43. The number of hydrogen-bond donors (Lipinski definition) is 1. The number of nitrogens with one attached hydrogen (secondary N) is 1. The molecule has 0 spiro atoms. The maximum absolute atomic E-state index is 10.3. The summed E-state index contributed by atoms with van der Waals surface area (Å²) in [7, 11) is 1.36. The van der Waals surface area contributed by atoms with Gasteiger partial charge in [0.15, 0.2) is 0 Å². The van der Waals surface area contributed by atoms with Crippen molar-refractivity contribution in [3.8, 4) is 0 Å². The molecule has 0 saturated heterocycles. The van der Waals surface area contributed by atoms with Crippen LogP contribution in [0.1, 0.15) is 13.3 Å². The van der Waals surface area contributed by atoms with E-state index in [0.717, 1.165) is 0 Å². The number of hydrogen-bond acceptors (Lipinski definition) is 4. The summed E-state index contributed by atoms with van der Waals surface area (Å²) in [5.74, 6) is -0.580. The highest BCUT2D eigenvalue weighted by molar-refractivity contribution is 5.71. The van der Waals surface area contributed by atoms with Gasteiger partial charge in [-0.2, -0.15) is 0 Å². The zero-order valence-corrected chi connectivity index (χ0v) is 5.84. The first-order valence-electron chi connectivity index (χ1n) is 2.79. The van der Waals surface area contributed by atoms with Crippen LogP contribution >= 0.6 is 0 Å². The summed E-state index contributed by atoms with van der Waals surface area (Å²) in [5.41, 5.74) is 0. The first-order valence-corrected chi connectivity index (χ1v) is 2.79. The molecule has 0 aliphatic carbocycles. The molecule has 0 aromatic carbocycles. The molecule has 0 heterocycles. The van der Waals surface area contributed by atoms with Crippen molar-refractivity contribution in [2.24, 2.45) is 0 Å². The first-order chi connectivity index (χ1) is 4.70. The van der Waals surface area contributed by atoms with Gasteiger partial charge >= 0.3 is 12.1 Å². The number of rotatable bonds is 1. The minimum Gasteiger partial charge on any atom is -0.321 e. The quantitative estimate of drug-likeness (QED) is 0.425. The van der Waals surface area contributed by atoms with E-state index in [-0.39, 0.29) is 6.42 Å². The lowest BCUT2D eigenvalue weighted by Gasteiger charge is -1.98. The van der Waals surface area contributed by atoms with Crippen molar-refractivity contribution in [2.45, 2.75) is 13.3 Å². The lowest BCUT2D eigenvalue weighted by Crippen LogP contribution is -2.20. The highest BCUT2D eigenvalue weighted by atomic mass is 17.2. The molecule has 0 unspecified atom stereocenters. The minimum atomic E-state index is -0.790. The summed E-state index contributed by atoms with van der Waals surface area (Å²) in [4.78, 5) is 28.5. The van der Waals surface area contributed by atoms with Gasteiger partial charge in [-0.15, -0.1) is 0 Å². The van der Waals surface area contributed by atoms with Crippen LogP contribution in [0.3, 0.4) is 0 Å². The third-order valence-corrected chi connectivity index (χ3v) is 0.703. The molecule has 5 nitrogen and oxygen atoms in total. The standard InChI is InChI=1S/C5H9NO4/c1-3-4(7)9-10-5(8)6-2/h3H2,1-2H3,(H,6,8). The topological polar surface area (TPSA) is 64.6 Å². The summed E-state index contributed by atoms with van der Waals surface area (Å²) in [6.07, 6.45) is -0.612. The van der Waals surface area contributed by atoms with Crippen molar-refractivity contribution in [2.75, 3.05) is 7.05 Å². The summed E-state index contributed by atoms with van der Waals surface area (Å²) in [6, 6.07) is 0. The van der Waals surface area contributed by atoms with Gasteiger partial charge in [-0.1, -0.05) is 6.92 Å². The zero-order valence-electron chi connectivity index (χ0n) is 5.84. The van der Waals surface area contributed by atoms with Crippen LogP contribution in [0.5, 0.6) is 0 Å². The predicted octanol–water partition coefficient (Wildman–Crippen LogP) is 0.211. The Morgan fingerprint density at radius 1 is 1.40 bits per heavy atom. The number of carbonyl (C=O) groups excluding carboxylic acids is 2. The van der Waals surface area contributed by atoms with Gasteiger partial charge < -0.3 is 5.32 Å². The van der Waals surface area contributed by atoms with E-state index < -0.39 is 12.1 Å². The summed E-state index contributed by atoms with van der Waals surface area (Å²) in [6.45, 7) is 1.59. The fraction of sp³-hybridized carbons (Fsp3) is 0.600. The summed E-state index contributed by atoms with van der Waals surface area (Å²) < 4.78 is 0. The van der Waals surface area contributed by atoms with E-state index in [1.54, 1.807) is 6.92 Å². The lowest BCUT2D eigenvalue weighted by molar-refractivity contribution is -0.231. The molecule has 1 N–H and O–H groups in total. The van der Waals surface area contributed by atoms with Gasteiger partial charge in [0.05, 0.1) is 0 Å². The summed E-state index contributed by atoms with van der Waals surface area (Å²) in [5, 5.41) is 2.11. The fourth-order valence-corrected chi connectivity index (χ4v) is 0.185. The molecule has 0 saturated carbocycles. The van der Waals surface area contributed by atoms with Crippen LogP contribution in [-0.4, -0.2) is 19.1 Å². The molecule has 0 aliphatic heterocycles. The molecule has 1 amide bonds. The van der Waals surface area contributed by atoms with E-state index in [1.807, 2.05) is 0 Å². The maximum Gasteiger partial charge on any atom is 0.450 e. The molecule has 58 valence electrons. The molecule has 5 heteroatoms. The van der Waals surface area contributed by atoms with Crippen LogP contribution < -0.4 is 5.32 Å². The molecular formula is C5H9NO4. The number of amides is 1. The van der Waals surface area contributed by atoms with Crippen LogP contribution in [0.4, 0.5) is 4.79 Å². The maximum atomic E-state index is 10.3. The fourth-order valence-electron chi connectivity index (χ4n) is 0.185. The lowest BCUT2D eigenvalue weighted by atomic mass is 10.5. The molecule has 0 rings (SSSR count). The Morgan fingerprint density at radius 2 is 2.00 bits per heavy atom. The third-order valence-electron chi connectivity index (χ3n) is 0.703.